The quantitative estimate of drug-likeness (QED) is 0.729. The molecule has 0 unspecified atom stereocenters. The molecule has 2 amide bonds. The SMILES string of the molecule is O=C1C(Cl)=C(c2ccccc2)C(=O)N1CCc1c[nH]c2ccccc12. The van der Waals surface area contributed by atoms with Gasteiger partial charge in [-0.2, -0.15) is 0 Å². The van der Waals surface area contributed by atoms with Crippen LogP contribution in [0.4, 0.5) is 0 Å². The number of amides is 2. The van der Waals surface area contributed by atoms with Gasteiger partial charge in [0.15, 0.2) is 0 Å². The van der Waals surface area contributed by atoms with E-state index >= 15 is 0 Å². The number of fused-ring (bicyclic) bond motifs is 1. The van der Waals surface area contributed by atoms with Gasteiger partial charge in [0.1, 0.15) is 5.03 Å². The highest BCUT2D eigenvalue weighted by Gasteiger charge is 2.37. The molecule has 0 aliphatic carbocycles. The molecule has 1 N–H and O–H groups in total. The van der Waals surface area contributed by atoms with Crippen LogP contribution in [0.15, 0.2) is 65.8 Å². The molecule has 3 aromatic rings. The van der Waals surface area contributed by atoms with Gasteiger partial charge in [0.2, 0.25) is 0 Å². The number of rotatable bonds is 4. The number of aromatic nitrogens is 1. The zero-order valence-electron chi connectivity index (χ0n) is 13.3. The van der Waals surface area contributed by atoms with Gasteiger partial charge in [-0.15, -0.1) is 0 Å². The molecule has 0 bridgehead atoms. The Kier molecular flexibility index (Phi) is 3.90. The van der Waals surface area contributed by atoms with Gasteiger partial charge in [-0.1, -0.05) is 60.1 Å². The van der Waals surface area contributed by atoms with Crippen LogP contribution in [0.5, 0.6) is 0 Å². The van der Waals surface area contributed by atoms with Crippen LogP contribution >= 0.6 is 11.6 Å². The molecular formula is C20H15ClN2O2. The topological polar surface area (TPSA) is 53.2 Å². The number of nitrogens with one attached hydrogen (secondary N) is 1. The summed E-state index contributed by atoms with van der Waals surface area (Å²) in [5.41, 5.74) is 3.06. The summed E-state index contributed by atoms with van der Waals surface area (Å²) in [6.07, 6.45) is 2.50. The number of para-hydroxylation sites is 1. The Morgan fingerprint density at radius 2 is 1.64 bits per heavy atom. The molecule has 2 aromatic carbocycles. The number of carbonyl (C=O) groups is 2. The second-order valence-electron chi connectivity index (χ2n) is 5.93. The van der Waals surface area contributed by atoms with Crippen molar-refractivity contribution < 1.29 is 9.59 Å². The smallest absolute Gasteiger partial charge is 0.273 e. The number of hydrogen-bond acceptors (Lipinski definition) is 2. The molecule has 2 heterocycles. The van der Waals surface area contributed by atoms with Gasteiger partial charge in [-0.25, -0.2) is 0 Å². The van der Waals surface area contributed by atoms with E-state index in [2.05, 4.69) is 4.98 Å². The Bertz CT molecular complexity index is 1000. The van der Waals surface area contributed by atoms with Gasteiger partial charge < -0.3 is 4.98 Å². The van der Waals surface area contributed by atoms with E-state index in [1.807, 2.05) is 48.7 Å². The van der Waals surface area contributed by atoms with Crippen LogP contribution in [-0.4, -0.2) is 28.2 Å². The molecule has 4 rings (SSSR count). The predicted octanol–water partition coefficient (Wildman–Crippen LogP) is 3.73. The van der Waals surface area contributed by atoms with Crippen molar-refractivity contribution in [1.82, 2.24) is 9.88 Å². The Morgan fingerprint density at radius 1 is 0.920 bits per heavy atom. The highest BCUT2D eigenvalue weighted by molar-refractivity contribution is 6.55. The van der Waals surface area contributed by atoms with Crippen LogP contribution in [-0.2, 0) is 16.0 Å². The maximum atomic E-state index is 12.7. The van der Waals surface area contributed by atoms with Crippen LogP contribution < -0.4 is 0 Å². The average Bonchev–Trinajstić information content (AvgIpc) is 3.14. The van der Waals surface area contributed by atoms with E-state index in [-0.39, 0.29) is 16.5 Å². The number of benzene rings is 2. The minimum absolute atomic E-state index is 0.00451. The van der Waals surface area contributed by atoms with E-state index in [0.717, 1.165) is 16.5 Å². The largest absolute Gasteiger partial charge is 0.361 e. The molecule has 1 aliphatic rings. The summed E-state index contributed by atoms with van der Waals surface area (Å²) >= 11 is 6.17. The summed E-state index contributed by atoms with van der Waals surface area (Å²) in [4.78, 5) is 29.6. The molecule has 4 nitrogen and oxygen atoms in total. The lowest BCUT2D eigenvalue weighted by Crippen LogP contribution is -2.33. The molecule has 1 aromatic heterocycles. The van der Waals surface area contributed by atoms with Crippen molar-refractivity contribution >= 4 is 39.9 Å². The third-order valence-electron chi connectivity index (χ3n) is 4.45. The van der Waals surface area contributed by atoms with Crippen LogP contribution in [0, 0.1) is 0 Å². The normalized spacial score (nSPS) is 14.8. The monoisotopic (exact) mass is 350 g/mol. The first kappa shape index (κ1) is 15.7. The molecule has 0 fully saturated rings. The number of hydrogen-bond donors (Lipinski definition) is 1. The summed E-state index contributed by atoms with van der Waals surface area (Å²) in [5, 5.41) is 1.10. The fourth-order valence-corrected chi connectivity index (χ4v) is 3.47. The molecule has 1 aliphatic heterocycles. The van der Waals surface area contributed by atoms with E-state index in [1.165, 1.54) is 4.90 Å². The molecule has 0 spiro atoms. The van der Waals surface area contributed by atoms with Gasteiger partial charge in [-0.3, -0.25) is 14.5 Å². The zero-order chi connectivity index (χ0) is 17.4. The molecular weight excluding hydrogens is 336 g/mol. The van der Waals surface area contributed by atoms with Crippen molar-refractivity contribution in [1.29, 1.82) is 0 Å². The lowest BCUT2D eigenvalue weighted by Gasteiger charge is -2.14. The van der Waals surface area contributed by atoms with Crippen molar-refractivity contribution in [3.63, 3.8) is 0 Å². The van der Waals surface area contributed by atoms with Gasteiger partial charge in [0, 0.05) is 23.6 Å². The van der Waals surface area contributed by atoms with E-state index in [4.69, 9.17) is 11.6 Å². The fourth-order valence-electron chi connectivity index (χ4n) is 3.18. The molecule has 0 saturated heterocycles. The Morgan fingerprint density at radius 3 is 2.44 bits per heavy atom. The standard InChI is InChI=1S/C20H15ClN2O2/c21-18-17(13-6-2-1-3-7-13)19(24)23(20(18)25)11-10-14-12-22-16-9-5-4-8-15(14)16/h1-9,12,22H,10-11H2. The lowest BCUT2D eigenvalue weighted by atomic mass is 10.1. The van der Waals surface area contributed by atoms with E-state index in [9.17, 15) is 9.59 Å². The Balaban J connectivity index is 1.57. The molecule has 124 valence electrons. The van der Waals surface area contributed by atoms with Crippen molar-refractivity contribution in [2.45, 2.75) is 6.42 Å². The first-order chi connectivity index (χ1) is 12.2. The number of halogens is 1. The average molecular weight is 351 g/mol. The van der Waals surface area contributed by atoms with Gasteiger partial charge in [0.25, 0.3) is 11.8 Å². The van der Waals surface area contributed by atoms with Crippen molar-refractivity contribution in [2.24, 2.45) is 0 Å². The zero-order valence-corrected chi connectivity index (χ0v) is 14.1. The fraction of sp³-hybridized carbons (Fsp3) is 0.100. The second-order valence-corrected chi connectivity index (χ2v) is 6.30. The minimum atomic E-state index is -0.426. The third kappa shape index (κ3) is 2.65. The van der Waals surface area contributed by atoms with Crippen LogP contribution in [0.25, 0.3) is 16.5 Å². The van der Waals surface area contributed by atoms with Crippen molar-refractivity contribution in [3.05, 3.63) is 77.0 Å². The highest BCUT2D eigenvalue weighted by Crippen LogP contribution is 2.31. The summed E-state index contributed by atoms with van der Waals surface area (Å²) in [6.45, 7) is 0.298. The molecule has 0 saturated carbocycles. The number of imide groups is 1. The third-order valence-corrected chi connectivity index (χ3v) is 4.80. The number of nitrogens with zero attached hydrogens (tertiary/aromatic N) is 1. The summed E-state index contributed by atoms with van der Waals surface area (Å²) in [5.74, 6) is -0.758. The number of carbonyl (C=O) groups excluding carboxylic acids is 2. The van der Waals surface area contributed by atoms with Crippen LogP contribution in [0.2, 0.25) is 0 Å². The minimum Gasteiger partial charge on any atom is -0.361 e. The second kappa shape index (κ2) is 6.22. The summed E-state index contributed by atoms with van der Waals surface area (Å²) in [7, 11) is 0. The maximum Gasteiger partial charge on any atom is 0.273 e. The van der Waals surface area contributed by atoms with Crippen molar-refractivity contribution in [3.8, 4) is 0 Å². The first-order valence-corrected chi connectivity index (χ1v) is 8.41. The Labute approximate surface area is 149 Å². The molecule has 0 atom stereocenters. The van der Waals surface area contributed by atoms with Crippen LogP contribution in [0.3, 0.4) is 0 Å². The van der Waals surface area contributed by atoms with Gasteiger partial charge in [0.05, 0.1) is 5.57 Å². The van der Waals surface area contributed by atoms with Gasteiger partial charge >= 0.3 is 0 Å². The van der Waals surface area contributed by atoms with E-state index in [1.54, 1.807) is 12.1 Å². The van der Waals surface area contributed by atoms with Crippen LogP contribution in [0.1, 0.15) is 11.1 Å². The highest BCUT2D eigenvalue weighted by atomic mass is 35.5. The summed E-state index contributed by atoms with van der Waals surface area (Å²) in [6, 6.07) is 17.0. The van der Waals surface area contributed by atoms with E-state index < -0.39 is 5.91 Å². The van der Waals surface area contributed by atoms with Crippen molar-refractivity contribution in [2.75, 3.05) is 6.54 Å². The number of H-pyrrole nitrogens is 1. The molecule has 25 heavy (non-hydrogen) atoms. The van der Waals surface area contributed by atoms with E-state index in [0.29, 0.717) is 18.5 Å². The maximum absolute atomic E-state index is 12.7. The lowest BCUT2D eigenvalue weighted by molar-refractivity contribution is -0.136. The van der Waals surface area contributed by atoms with Gasteiger partial charge in [-0.05, 0) is 23.6 Å². The molecule has 0 radical (unpaired) electrons. The predicted molar refractivity (Wildman–Crippen MR) is 97.9 cm³/mol. The number of aromatic amines is 1. The Hall–Kier alpha value is -2.85. The summed E-state index contributed by atoms with van der Waals surface area (Å²) < 4.78 is 0. The molecule has 5 heteroatoms. The first-order valence-electron chi connectivity index (χ1n) is 8.03.